The van der Waals surface area contributed by atoms with Gasteiger partial charge in [0.25, 0.3) is 0 Å². The SMILES string of the molecule is CCC1(O)CN(S(=O)(=O)c2c(N)nn(C)c2C)C1. The largest absolute Gasteiger partial charge is 0.387 e. The van der Waals surface area contributed by atoms with Gasteiger partial charge in [0.05, 0.1) is 11.3 Å². The maximum atomic E-state index is 12.4. The zero-order valence-corrected chi connectivity index (χ0v) is 11.5. The molecular formula is C10H18N4O3S. The van der Waals surface area contributed by atoms with Gasteiger partial charge < -0.3 is 10.8 Å². The Balaban J connectivity index is 2.34. The first-order valence-electron chi connectivity index (χ1n) is 5.73. The Morgan fingerprint density at radius 2 is 2.06 bits per heavy atom. The smallest absolute Gasteiger partial charge is 0.248 e. The van der Waals surface area contributed by atoms with E-state index in [4.69, 9.17) is 5.73 Å². The van der Waals surface area contributed by atoms with Crippen LogP contribution in [-0.2, 0) is 17.1 Å². The third kappa shape index (κ3) is 1.80. The van der Waals surface area contributed by atoms with Gasteiger partial charge in [0.1, 0.15) is 4.90 Å². The fourth-order valence-corrected chi connectivity index (χ4v) is 3.96. The molecule has 0 bridgehead atoms. The lowest BCUT2D eigenvalue weighted by Gasteiger charge is -2.44. The Morgan fingerprint density at radius 1 is 1.50 bits per heavy atom. The Morgan fingerprint density at radius 3 is 2.44 bits per heavy atom. The normalized spacial score (nSPS) is 19.8. The van der Waals surface area contributed by atoms with Crippen LogP contribution in [0.25, 0.3) is 0 Å². The molecule has 102 valence electrons. The van der Waals surface area contributed by atoms with Crippen molar-refractivity contribution >= 4 is 15.8 Å². The zero-order valence-electron chi connectivity index (χ0n) is 10.7. The van der Waals surface area contributed by atoms with Gasteiger partial charge in [-0.2, -0.15) is 9.40 Å². The van der Waals surface area contributed by atoms with Crippen molar-refractivity contribution in [3.8, 4) is 0 Å². The van der Waals surface area contributed by atoms with E-state index in [0.29, 0.717) is 12.1 Å². The molecule has 0 amide bonds. The van der Waals surface area contributed by atoms with Crippen molar-refractivity contribution in [3.63, 3.8) is 0 Å². The van der Waals surface area contributed by atoms with Crippen LogP contribution in [0.1, 0.15) is 19.0 Å². The van der Waals surface area contributed by atoms with E-state index < -0.39 is 15.6 Å². The average Bonchev–Trinajstić information content (AvgIpc) is 2.48. The van der Waals surface area contributed by atoms with Gasteiger partial charge in [-0.15, -0.1) is 0 Å². The van der Waals surface area contributed by atoms with Crippen LogP contribution in [0.2, 0.25) is 0 Å². The highest BCUT2D eigenvalue weighted by Gasteiger charge is 2.47. The van der Waals surface area contributed by atoms with Crippen LogP contribution < -0.4 is 5.73 Å². The monoisotopic (exact) mass is 274 g/mol. The van der Waals surface area contributed by atoms with Crippen molar-refractivity contribution in [2.45, 2.75) is 30.8 Å². The molecule has 1 saturated heterocycles. The standard InChI is InChI=1S/C10H18N4O3S/c1-4-10(15)5-14(6-10)18(16,17)8-7(2)13(3)12-9(8)11/h15H,4-6H2,1-3H3,(H2,11,12). The Hall–Kier alpha value is -1.12. The summed E-state index contributed by atoms with van der Waals surface area (Å²) in [6.07, 6.45) is 0.528. The summed E-state index contributed by atoms with van der Waals surface area (Å²) < 4.78 is 27.4. The van der Waals surface area contributed by atoms with Gasteiger partial charge in [-0.3, -0.25) is 4.68 Å². The summed E-state index contributed by atoms with van der Waals surface area (Å²) in [7, 11) is -2.02. The number of aliphatic hydroxyl groups is 1. The molecule has 18 heavy (non-hydrogen) atoms. The molecule has 0 radical (unpaired) electrons. The summed E-state index contributed by atoms with van der Waals surface area (Å²) in [6.45, 7) is 3.70. The lowest BCUT2D eigenvalue weighted by molar-refractivity contribution is -0.0613. The van der Waals surface area contributed by atoms with Gasteiger partial charge in [-0.05, 0) is 13.3 Å². The number of aryl methyl sites for hydroxylation is 1. The molecule has 0 spiro atoms. The van der Waals surface area contributed by atoms with Crippen LogP contribution >= 0.6 is 0 Å². The molecule has 0 unspecified atom stereocenters. The summed E-state index contributed by atoms with van der Waals surface area (Å²) in [5.74, 6) is 0.00179. The Labute approximate surface area is 106 Å². The number of anilines is 1. The number of hydrogen-bond donors (Lipinski definition) is 2. The zero-order chi connectivity index (χ0) is 13.7. The van der Waals surface area contributed by atoms with Gasteiger partial charge in [-0.1, -0.05) is 6.92 Å². The maximum Gasteiger partial charge on any atom is 0.248 e. The third-order valence-corrected chi connectivity index (χ3v) is 5.46. The number of β-amino-alcohol motifs (C(OH)–C–C–N with tert-alkyl or cyclic N) is 1. The fraction of sp³-hybridized carbons (Fsp3) is 0.700. The van der Waals surface area contributed by atoms with Gasteiger partial charge in [0.2, 0.25) is 10.0 Å². The molecule has 0 atom stereocenters. The quantitative estimate of drug-likeness (QED) is 0.770. The minimum absolute atomic E-state index is 0.00179. The molecule has 1 aliphatic rings. The lowest BCUT2D eigenvalue weighted by atomic mass is 9.94. The molecule has 7 nitrogen and oxygen atoms in total. The van der Waals surface area contributed by atoms with E-state index in [1.165, 1.54) is 8.99 Å². The molecule has 2 rings (SSSR count). The van der Waals surface area contributed by atoms with E-state index in [1.807, 2.05) is 6.92 Å². The number of nitrogen functional groups attached to an aromatic ring is 1. The minimum atomic E-state index is -3.66. The lowest BCUT2D eigenvalue weighted by Crippen LogP contribution is -2.62. The summed E-state index contributed by atoms with van der Waals surface area (Å²) in [4.78, 5) is 0.0446. The summed E-state index contributed by atoms with van der Waals surface area (Å²) in [6, 6.07) is 0. The van der Waals surface area contributed by atoms with Crippen molar-refractivity contribution in [1.29, 1.82) is 0 Å². The van der Waals surface area contributed by atoms with Crippen LogP contribution in [0, 0.1) is 6.92 Å². The Kier molecular flexibility index (Phi) is 2.91. The van der Waals surface area contributed by atoms with E-state index in [1.54, 1.807) is 14.0 Å². The molecule has 3 N–H and O–H groups in total. The maximum absolute atomic E-state index is 12.4. The second-order valence-corrected chi connectivity index (χ2v) is 6.65. The number of hydrogen-bond acceptors (Lipinski definition) is 5. The van der Waals surface area contributed by atoms with Crippen molar-refractivity contribution in [3.05, 3.63) is 5.69 Å². The second-order valence-electron chi connectivity index (χ2n) is 4.77. The van der Waals surface area contributed by atoms with Crippen LogP contribution in [0.15, 0.2) is 4.90 Å². The van der Waals surface area contributed by atoms with Crippen molar-refractivity contribution in [1.82, 2.24) is 14.1 Å². The van der Waals surface area contributed by atoms with Gasteiger partial charge in [0.15, 0.2) is 5.82 Å². The predicted octanol–water partition coefficient (Wildman–Crippen LogP) is -0.544. The van der Waals surface area contributed by atoms with E-state index in [-0.39, 0.29) is 23.8 Å². The Bertz CT molecular complexity index is 572. The molecule has 0 aliphatic carbocycles. The summed E-state index contributed by atoms with van der Waals surface area (Å²) in [5.41, 5.74) is 5.24. The van der Waals surface area contributed by atoms with Crippen LogP contribution in [-0.4, -0.2) is 46.3 Å². The molecule has 0 saturated carbocycles. The van der Waals surface area contributed by atoms with Crippen LogP contribution in [0.3, 0.4) is 0 Å². The highest BCUT2D eigenvalue weighted by molar-refractivity contribution is 7.89. The molecule has 1 aromatic heterocycles. The van der Waals surface area contributed by atoms with E-state index in [0.717, 1.165) is 0 Å². The molecule has 1 fully saturated rings. The van der Waals surface area contributed by atoms with E-state index in [2.05, 4.69) is 5.10 Å². The molecule has 8 heteroatoms. The van der Waals surface area contributed by atoms with Crippen molar-refractivity contribution in [2.75, 3.05) is 18.8 Å². The van der Waals surface area contributed by atoms with Crippen LogP contribution in [0.5, 0.6) is 0 Å². The predicted molar refractivity (Wildman–Crippen MR) is 66.4 cm³/mol. The molecule has 1 aliphatic heterocycles. The minimum Gasteiger partial charge on any atom is -0.387 e. The third-order valence-electron chi connectivity index (χ3n) is 3.50. The number of aromatic nitrogens is 2. The first-order chi connectivity index (χ1) is 8.21. The fourth-order valence-electron chi connectivity index (χ4n) is 2.07. The van der Waals surface area contributed by atoms with Crippen LogP contribution in [0.4, 0.5) is 5.82 Å². The highest BCUT2D eigenvalue weighted by atomic mass is 32.2. The number of nitrogens with zero attached hydrogens (tertiary/aromatic N) is 3. The number of nitrogens with two attached hydrogens (primary N) is 1. The van der Waals surface area contributed by atoms with Crippen molar-refractivity contribution < 1.29 is 13.5 Å². The number of sulfonamides is 1. The molecule has 1 aromatic rings. The first kappa shape index (κ1) is 13.3. The summed E-state index contributed by atoms with van der Waals surface area (Å²) in [5, 5.41) is 13.8. The van der Waals surface area contributed by atoms with Gasteiger partial charge in [-0.25, -0.2) is 8.42 Å². The molecule has 2 heterocycles. The van der Waals surface area contributed by atoms with E-state index in [9.17, 15) is 13.5 Å². The van der Waals surface area contributed by atoms with Gasteiger partial charge >= 0.3 is 0 Å². The van der Waals surface area contributed by atoms with Crippen molar-refractivity contribution in [2.24, 2.45) is 7.05 Å². The van der Waals surface area contributed by atoms with E-state index >= 15 is 0 Å². The highest BCUT2D eigenvalue weighted by Crippen LogP contribution is 2.33. The number of rotatable bonds is 3. The topological polar surface area (TPSA) is 101 Å². The molecular weight excluding hydrogens is 256 g/mol. The first-order valence-corrected chi connectivity index (χ1v) is 7.17. The van der Waals surface area contributed by atoms with Gasteiger partial charge in [0, 0.05) is 20.1 Å². The second kappa shape index (κ2) is 3.94. The average molecular weight is 274 g/mol. The summed E-state index contributed by atoms with van der Waals surface area (Å²) >= 11 is 0. The molecule has 0 aromatic carbocycles.